The zero-order chi connectivity index (χ0) is 14.5. The van der Waals surface area contributed by atoms with Gasteiger partial charge < -0.3 is 15.8 Å². The number of hydrogen-bond donors (Lipinski definition) is 3. The van der Waals surface area contributed by atoms with Gasteiger partial charge in [0.2, 0.25) is 15.9 Å². The van der Waals surface area contributed by atoms with Crippen LogP contribution in [0.25, 0.3) is 0 Å². The van der Waals surface area contributed by atoms with Gasteiger partial charge in [-0.3, -0.25) is 4.79 Å². The Hall–Kier alpha value is -1.80. The number of amides is 1. The highest BCUT2D eigenvalue weighted by atomic mass is 32.2. The lowest BCUT2D eigenvalue weighted by Crippen LogP contribution is -2.33. The monoisotopic (exact) mass is 287 g/mol. The Morgan fingerprint density at radius 2 is 2.05 bits per heavy atom. The summed E-state index contributed by atoms with van der Waals surface area (Å²) in [5.74, 6) is -0.0121. The van der Waals surface area contributed by atoms with Crippen LogP contribution >= 0.6 is 0 Å². The minimum Gasteiger partial charge on any atom is -0.495 e. The summed E-state index contributed by atoms with van der Waals surface area (Å²) in [7, 11) is -2.35. The first-order valence-electron chi connectivity index (χ1n) is 5.54. The topological polar surface area (TPSA) is 111 Å². The van der Waals surface area contributed by atoms with Crippen LogP contribution in [0.4, 0.5) is 5.69 Å². The quantitative estimate of drug-likeness (QED) is 0.491. The first kappa shape index (κ1) is 15.3. The number of ether oxygens (including phenoxy) is 1. The van der Waals surface area contributed by atoms with Crippen molar-refractivity contribution in [1.29, 1.82) is 0 Å². The number of anilines is 1. The minimum absolute atomic E-state index is 0.0298. The highest BCUT2D eigenvalue weighted by Gasteiger charge is 2.19. The number of rotatable bonds is 6. The van der Waals surface area contributed by atoms with Gasteiger partial charge in [0.25, 0.3) is 0 Å². The summed E-state index contributed by atoms with van der Waals surface area (Å²) in [6.45, 7) is 1.65. The molecule has 0 saturated carbocycles. The van der Waals surface area contributed by atoms with E-state index in [2.05, 4.69) is 10.0 Å². The molecule has 0 saturated heterocycles. The van der Waals surface area contributed by atoms with Gasteiger partial charge in [-0.15, -0.1) is 0 Å². The zero-order valence-electron chi connectivity index (χ0n) is 10.8. The number of nitrogens with one attached hydrogen (secondary N) is 2. The molecule has 0 aliphatic rings. The molecule has 0 atom stereocenters. The number of nitrogen functional groups attached to an aromatic ring is 1. The third kappa shape index (κ3) is 4.42. The number of nitrogens with two attached hydrogens (primary N) is 1. The van der Waals surface area contributed by atoms with Crippen molar-refractivity contribution in [3.8, 4) is 5.75 Å². The summed E-state index contributed by atoms with van der Waals surface area (Å²) >= 11 is 0. The Kier molecular flexibility index (Phi) is 5.13. The van der Waals surface area contributed by atoms with Gasteiger partial charge in [0.15, 0.2) is 0 Å². The molecule has 0 fully saturated rings. The van der Waals surface area contributed by atoms with Crippen molar-refractivity contribution in [2.45, 2.75) is 11.8 Å². The van der Waals surface area contributed by atoms with E-state index in [9.17, 15) is 13.2 Å². The molecule has 0 aliphatic heterocycles. The molecule has 0 aliphatic carbocycles. The Balaban J connectivity index is 2.82. The van der Waals surface area contributed by atoms with Crippen molar-refractivity contribution < 1.29 is 17.9 Å². The average molecular weight is 287 g/mol. The lowest BCUT2D eigenvalue weighted by atomic mass is 10.3. The van der Waals surface area contributed by atoms with Gasteiger partial charge in [0, 0.05) is 25.7 Å². The van der Waals surface area contributed by atoms with Crippen molar-refractivity contribution in [3.05, 3.63) is 18.2 Å². The summed E-state index contributed by atoms with van der Waals surface area (Å²) in [5, 5.41) is 2.49. The van der Waals surface area contributed by atoms with E-state index >= 15 is 0 Å². The van der Waals surface area contributed by atoms with Gasteiger partial charge in [-0.2, -0.15) is 0 Å². The van der Waals surface area contributed by atoms with Crippen LogP contribution in [0.3, 0.4) is 0 Å². The number of hydrogen-bond acceptors (Lipinski definition) is 5. The molecule has 8 heteroatoms. The molecule has 0 spiro atoms. The summed E-state index contributed by atoms with van der Waals surface area (Å²) in [6.07, 6.45) is 0. The fourth-order valence-electron chi connectivity index (χ4n) is 1.40. The number of carbonyl (C=O) groups is 1. The Labute approximate surface area is 112 Å². The van der Waals surface area contributed by atoms with E-state index in [0.717, 1.165) is 0 Å². The van der Waals surface area contributed by atoms with Crippen molar-refractivity contribution in [2.75, 3.05) is 25.9 Å². The van der Waals surface area contributed by atoms with Gasteiger partial charge in [-0.25, -0.2) is 13.1 Å². The lowest BCUT2D eigenvalue weighted by Gasteiger charge is -2.11. The SMILES string of the molecule is COc1ccc(N)cc1S(=O)(=O)NCCNC(C)=O. The molecule has 1 rings (SSSR count). The molecular weight excluding hydrogens is 270 g/mol. The Morgan fingerprint density at radius 3 is 2.63 bits per heavy atom. The van der Waals surface area contributed by atoms with Crippen LogP contribution in [0, 0.1) is 0 Å². The van der Waals surface area contributed by atoms with Crippen molar-refractivity contribution in [3.63, 3.8) is 0 Å². The van der Waals surface area contributed by atoms with E-state index in [4.69, 9.17) is 10.5 Å². The van der Waals surface area contributed by atoms with E-state index in [1.54, 1.807) is 6.07 Å². The van der Waals surface area contributed by atoms with E-state index in [-0.39, 0.29) is 29.6 Å². The second kappa shape index (κ2) is 6.39. The maximum Gasteiger partial charge on any atom is 0.244 e. The average Bonchev–Trinajstić information content (AvgIpc) is 2.34. The molecule has 106 valence electrons. The van der Waals surface area contributed by atoms with Crippen LogP contribution in [-0.4, -0.2) is 34.5 Å². The normalized spacial score (nSPS) is 11.1. The predicted molar refractivity (Wildman–Crippen MR) is 71.3 cm³/mol. The molecule has 4 N–H and O–H groups in total. The van der Waals surface area contributed by atoms with Crippen LogP contribution < -0.4 is 20.5 Å². The van der Waals surface area contributed by atoms with E-state index < -0.39 is 10.0 Å². The van der Waals surface area contributed by atoms with E-state index in [0.29, 0.717) is 5.69 Å². The van der Waals surface area contributed by atoms with Gasteiger partial charge in [0.05, 0.1) is 7.11 Å². The molecule has 0 heterocycles. The number of benzene rings is 1. The molecule has 7 nitrogen and oxygen atoms in total. The van der Waals surface area contributed by atoms with Crippen molar-refractivity contribution >= 4 is 21.6 Å². The molecule has 1 amide bonds. The van der Waals surface area contributed by atoms with E-state index in [1.165, 1.54) is 26.2 Å². The van der Waals surface area contributed by atoms with Crippen LogP contribution in [0.5, 0.6) is 5.75 Å². The molecule has 0 radical (unpaired) electrons. The molecular formula is C11H17N3O4S. The predicted octanol–water partition coefficient (Wildman–Crippen LogP) is -0.308. The highest BCUT2D eigenvalue weighted by Crippen LogP contribution is 2.25. The molecule has 19 heavy (non-hydrogen) atoms. The molecule has 0 unspecified atom stereocenters. The number of carbonyl (C=O) groups excluding carboxylic acids is 1. The maximum atomic E-state index is 12.0. The van der Waals surface area contributed by atoms with E-state index in [1.807, 2.05) is 0 Å². The van der Waals surface area contributed by atoms with Crippen molar-refractivity contribution in [1.82, 2.24) is 10.0 Å². The molecule has 0 aromatic heterocycles. The van der Waals surface area contributed by atoms with Crippen LogP contribution in [0.15, 0.2) is 23.1 Å². The second-order valence-corrected chi connectivity index (χ2v) is 5.53. The molecule has 1 aromatic carbocycles. The highest BCUT2D eigenvalue weighted by molar-refractivity contribution is 7.89. The van der Waals surface area contributed by atoms with Crippen LogP contribution in [0.1, 0.15) is 6.92 Å². The smallest absolute Gasteiger partial charge is 0.244 e. The Bertz CT molecular complexity index is 557. The fraction of sp³-hybridized carbons (Fsp3) is 0.364. The fourth-order valence-corrected chi connectivity index (χ4v) is 2.64. The van der Waals surface area contributed by atoms with Gasteiger partial charge in [0.1, 0.15) is 10.6 Å². The standard InChI is InChI=1S/C11H17N3O4S/c1-8(15)13-5-6-14-19(16,17)11-7-9(12)3-4-10(11)18-2/h3-4,7,14H,5-6,12H2,1-2H3,(H,13,15). The molecule has 0 bridgehead atoms. The Morgan fingerprint density at radius 1 is 1.37 bits per heavy atom. The summed E-state index contributed by atoms with van der Waals surface area (Å²) < 4.78 is 31.4. The first-order chi connectivity index (χ1) is 8.86. The lowest BCUT2D eigenvalue weighted by molar-refractivity contribution is -0.118. The van der Waals surface area contributed by atoms with Gasteiger partial charge >= 0.3 is 0 Å². The molecule has 1 aromatic rings. The first-order valence-corrected chi connectivity index (χ1v) is 7.03. The zero-order valence-corrected chi connectivity index (χ0v) is 11.6. The maximum absolute atomic E-state index is 12.0. The number of sulfonamides is 1. The second-order valence-electron chi connectivity index (χ2n) is 3.79. The van der Waals surface area contributed by atoms with Crippen molar-refractivity contribution in [2.24, 2.45) is 0 Å². The van der Waals surface area contributed by atoms with Gasteiger partial charge in [-0.1, -0.05) is 0 Å². The third-order valence-electron chi connectivity index (χ3n) is 2.27. The third-order valence-corrected chi connectivity index (χ3v) is 3.75. The van der Waals surface area contributed by atoms with Gasteiger partial charge in [-0.05, 0) is 18.2 Å². The summed E-state index contributed by atoms with van der Waals surface area (Å²) in [4.78, 5) is 10.6. The minimum atomic E-state index is -3.73. The van der Waals surface area contributed by atoms with Crippen LogP contribution in [0.2, 0.25) is 0 Å². The van der Waals surface area contributed by atoms with Crippen LogP contribution in [-0.2, 0) is 14.8 Å². The largest absolute Gasteiger partial charge is 0.495 e. The summed E-state index contributed by atoms with van der Waals surface area (Å²) in [6, 6.07) is 4.35. The summed E-state index contributed by atoms with van der Waals surface area (Å²) in [5.41, 5.74) is 5.89. The number of methoxy groups -OCH3 is 1.